The molecule has 0 aliphatic carbocycles. The standard InChI is InChI=1S/C25H23N3O4S2/c1-27(13-17-14-31-19-10-6-7-11-20(19)32-17)22(29)15-33-25-26-23-18(24(30)28(25)2)12-21(34-23)16-8-4-3-5-9-16/h3-12,17H,13-15H2,1-2H3/t17-/m1/s1. The zero-order chi connectivity index (χ0) is 23.7. The third-order valence-electron chi connectivity index (χ3n) is 5.59. The number of rotatable bonds is 6. The van der Waals surface area contributed by atoms with Gasteiger partial charge in [-0.3, -0.25) is 14.2 Å². The monoisotopic (exact) mass is 493 g/mol. The molecule has 1 aliphatic heterocycles. The lowest BCUT2D eigenvalue weighted by atomic mass is 10.2. The van der Waals surface area contributed by atoms with Crippen LogP contribution < -0.4 is 15.0 Å². The van der Waals surface area contributed by atoms with Gasteiger partial charge in [-0.05, 0) is 23.8 Å². The number of likely N-dealkylation sites (N-methyl/N-ethyl adjacent to an activating group) is 1. The molecule has 174 valence electrons. The van der Waals surface area contributed by atoms with E-state index in [0.29, 0.717) is 34.3 Å². The van der Waals surface area contributed by atoms with Crippen LogP contribution in [0.2, 0.25) is 0 Å². The van der Waals surface area contributed by atoms with E-state index in [-0.39, 0.29) is 23.3 Å². The molecule has 7 nitrogen and oxygen atoms in total. The molecule has 0 unspecified atom stereocenters. The van der Waals surface area contributed by atoms with Crippen LogP contribution in [0.15, 0.2) is 70.6 Å². The van der Waals surface area contributed by atoms with E-state index in [2.05, 4.69) is 4.98 Å². The third kappa shape index (κ3) is 4.53. The fourth-order valence-corrected chi connectivity index (χ4v) is 5.71. The Kier molecular flexibility index (Phi) is 6.30. The molecule has 2 aromatic carbocycles. The fourth-order valence-electron chi connectivity index (χ4n) is 3.72. The van der Waals surface area contributed by atoms with E-state index < -0.39 is 0 Å². The maximum Gasteiger partial charge on any atom is 0.262 e. The summed E-state index contributed by atoms with van der Waals surface area (Å²) in [6, 6.07) is 19.3. The molecule has 0 fully saturated rings. The summed E-state index contributed by atoms with van der Waals surface area (Å²) in [6.07, 6.45) is -0.241. The molecular weight excluding hydrogens is 470 g/mol. The van der Waals surface area contributed by atoms with Crippen LogP contribution in [-0.2, 0) is 11.8 Å². The van der Waals surface area contributed by atoms with Gasteiger partial charge >= 0.3 is 0 Å². The van der Waals surface area contributed by atoms with E-state index in [1.54, 1.807) is 19.0 Å². The number of thiophene rings is 1. The topological polar surface area (TPSA) is 73.7 Å². The number of carbonyl (C=O) groups excluding carboxylic acids is 1. The van der Waals surface area contributed by atoms with E-state index in [9.17, 15) is 9.59 Å². The summed E-state index contributed by atoms with van der Waals surface area (Å²) in [4.78, 5) is 33.7. The highest BCUT2D eigenvalue weighted by Crippen LogP contribution is 2.32. The largest absolute Gasteiger partial charge is 0.486 e. The van der Waals surface area contributed by atoms with Crippen molar-refractivity contribution in [2.45, 2.75) is 11.3 Å². The van der Waals surface area contributed by atoms with Crippen molar-refractivity contribution >= 4 is 39.2 Å². The Morgan fingerprint density at radius 3 is 2.71 bits per heavy atom. The molecule has 0 radical (unpaired) electrons. The predicted octanol–water partition coefficient (Wildman–Crippen LogP) is 4.05. The zero-order valence-electron chi connectivity index (χ0n) is 18.8. The van der Waals surface area contributed by atoms with E-state index in [0.717, 1.165) is 16.2 Å². The van der Waals surface area contributed by atoms with Gasteiger partial charge in [-0.15, -0.1) is 11.3 Å². The molecule has 3 heterocycles. The molecule has 0 spiro atoms. The second kappa shape index (κ2) is 9.52. The van der Waals surface area contributed by atoms with Gasteiger partial charge in [0.2, 0.25) is 5.91 Å². The molecule has 4 aromatic rings. The molecule has 1 amide bonds. The number of aromatic nitrogens is 2. The SMILES string of the molecule is CN(C[C@@H]1COc2ccccc2O1)C(=O)CSc1nc2sc(-c3ccccc3)cc2c(=O)n1C. The molecule has 0 N–H and O–H groups in total. The number of thioether (sulfide) groups is 1. The average molecular weight is 494 g/mol. The smallest absolute Gasteiger partial charge is 0.262 e. The van der Waals surface area contributed by atoms with E-state index in [1.165, 1.54) is 27.7 Å². The van der Waals surface area contributed by atoms with Crippen molar-refractivity contribution in [3.8, 4) is 21.9 Å². The van der Waals surface area contributed by atoms with Gasteiger partial charge in [-0.1, -0.05) is 54.2 Å². The van der Waals surface area contributed by atoms with Crippen molar-refractivity contribution in [3.05, 3.63) is 71.0 Å². The number of hydrogen-bond donors (Lipinski definition) is 0. The Balaban J connectivity index is 1.25. The second-order valence-corrected chi connectivity index (χ2v) is 9.99. The molecule has 0 saturated carbocycles. The van der Waals surface area contributed by atoms with Crippen LogP contribution in [0.4, 0.5) is 0 Å². The normalized spacial score (nSPS) is 14.8. The van der Waals surface area contributed by atoms with Gasteiger partial charge in [0, 0.05) is 19.0 Å². The van der Waals surface area contributed by atoms with Crippen LogP contribution in [0.1, 0.15) is 0 Å². The molecule has 1 aliphatic rings. The third-order valence-corrected chi connectivity index (χ3v) is 7.68. The molecule has 34 heavy (non-hydrogen) atoms. The molecule has 5 rings (SSSR count). The number of hydrogen-bond acceptors (Lipinski definition) is 7. The van der Waals surface area contributed by atoms with Crippen molar-refractivity contribution in [3.63, 3.8) is 0 Å². The summed E-state index contributed by atoms with van der Waals surface area (Å²) in [5.74, 6) is 1.50. The molecule has 0 bridgehead atoms. The minimum absolute atomic E-state index is 0.0713. The predicted molar refractivity (Wildman–Crippen MR) is 135 cm³/mol. The van der Waals surface area contributed by atoms with Gasteiger partial charge in [0.1, 0.15) is 11.4 Å². The van der Waals surface area contributed by atoms with E-state index in [1.807, 2.05) is 60.7 Å². The maximum absolute atomic E-state index is 12.9. The highest BCUT2D eigenvalue weighted by Gasteiger charge is 2.24. The van der Waals surface area contributed by atoms with Crippen molar-refractivity contribution in [1.29, 1.82) is 0 Å². The minimum Gasteiger partial charge on any atom is -0.486 e. The number of ether oxygens (including phenoxy) is 2. The summed E-state index contributed by atoms with van der Waals surface area (Å²) >= 11 is 2.75. The van der Waals surface area contributed by atoms with Crippen LogP contribution >= 0.6 is 23.1 Å². The summed E-state index contributed by atoms with van der Waals surface area (Å²) in [5.41, 5.74) is 0.938. The van der Waals surface area contributed by atoms with Crippen LogP contribution in [0.5, 0.6) is 11.5 Å². The summed E-state index contributed by atoms with van der Waals surface area (Å²) in [6.45, 7) is 0.793. The number of amides is 1. The number of benzene rings is 2. The zero-order valence-corrected chi connectivity index (χ0v) is 20.4. The van der Waals surface area contributed by atoms with Gasteiger partial charge < -0.3 is 14.4 Å². The average Bonchev–Trinajstić information content (AvgIpc) is 3.30. The Morgan fingerprint density at radius 2 is 1.91 bits per heavy atom. The molecule has 9 heteroatoms. The first-order valence-electron chi connectivity index (χ1n) is 10.8. The van der Waals surface area contributed by atoms with Crippen molar-refractivity contribution in [2.24, 2.45) is 7.05 Å². The Bertz CT molecular complexity index is 1400. The summed E-state index contributed by atoms with van der Waals surface area (Å²) in [7, 11) is 3.43. The van der Waals surface area contributed by atoms with Gasteiger partial charge in [-0.25, -0.2) is 4.98 Å². The summed E-state index contributed by atoms with van der Waals surface area (Å²) in [5, 5.41) is 1.11. The molecule has 2 aromatic heterocycles. The fraction of sp³-hybridized carbons (Fsp3) is 0.240. The van der Waals surface area contributed by atoms with Gasteiger partial charge in [0.15, 0.2) is 22.8 Å². The van der Waals surface area contributed by atoms with Crippen molar-refractivity contribution < 1.29 is 14.3 Å². The maximum atomic E-state index is 12.9. The number of para-hydroxylation sites is 2. The summed E-state index contributed by atoms with van der Waals surface area (Å²) < 4.78 is 13.2. The lowest BCUT2D eigenvalue weighted by molar-refractivity contribution is -0.128. The quantitative estimate of drug-likeness (QED) is 0.298. The first-order valence-corrected chi connectivity index (χ1v) is 12.6. The van der Waals surface area contributed by atoms with E-state index in [4.69, 9.17) is 9.47 Å². The van der Waals surface area contributed by atoms with Gasteiger partial charge in [0.25, 0.3) is 5.56 Å². The lowest BCUT2D eigenvalue weighted by Crippen LogP contribution is -2.42. The number of fused-ring (bicyclic) bond motifs is 2. The Labute approximate surface area is 204 Å². The number of carbonyl (C=O) groups is 1. The molecule has 0 saturated heterocycles. The van der Waals surface area contributed by atoms with Gasteiger partial charge in [-0.2, -0.15) is 0 Å². The first kappa shape index (κ1) is 22.5. The van der Waals surface area contributed by atoms with Crippen LogP contribution in [0, 0.1) is 0 Å². The molecule has 1 atom stereocenters. The first-order chi connectivity index (χ1) is 16.5. The highest BCUT2D eigenvalue weighted by molar-refractivity contribution is 7.99. The van der Waals surface area contributed by atoms with Gasteiger partial charge in [0.05, 0.1) is 17.7 Å². The minimum atomic E-state index is -0.241. The van der Waals surface area contributed by atoms with Crippen LogP contribution in [0.3, 0.4) is 0 Å². The highest BCUT2D eigenvalue weighted by atomic mass is 32.2. The second-order valence-electron chi connectivity index (χ2n) is 8.01. The molecular formula is C25H23N3O4S2. The lowest BCUT2D eigenvalue weighted by Gasteiger charge is -2.29. The van der Waals surface area contributed by atoms with Crippen LogP contribution in [-0.4, -0.2) is 52.4 Å². The number of nitrogens with zero attached hydrogens (tertiary/aromatic N) is 3. The van der Waals surface area contributed by atoms with Crippen LogP contribution in [0.25, 0.3) is 20.7 Å². The van der Waals surface area contributed by atoms with Crippen molar-refractivity contribution in [2.75, 3.05) is 26.0 Å². The Morgan fingerprint density at radius 1 is 1.18 bits per heavy atom. The Hall–Kier alpha value is -3.30. The van der Waals surface area contributed by atoms with E-state index >= 15 is 0 Å². The van der Waals surface area contributed by atoms with Crippen molar-refractivity contribution in [1.82, 2.24) is 14.5 Å².